The molecule has 0 radical (unpaired) electrons. The summed E-state index contributed by atoms with van der Waals surface area (Å²) in [6.07, 6.45) is 1.21. The first-order valence-corrected chi connectivity index (χ1v) is 7.12. The molecule has 6 heteroatoms. The van der Waals surface area contributed by atoms with Gasteiger partial charge in [-0.1, -0.05) is 0 Å². The van der Waals surface area contributed by atoms with Crippen LogP contribution in [-0.4, -0.2) is 59.6 Å². The van der Waals surface area contributed by atoms with Crippen molar-refractivity contribution in [3.05, 3.63) is 0 Å². The van der Waals surface area contributed by atoms with E-state index in [2.05, 4.69) is 0 Å². The number of likely N-dealkylation sites (tertiary alicyclic amines) is 1. The third-order valence-corrected chi connectivity index (χ3v) is 3.39. The number of ether oxygens (including phenoxy) is 1. The Kier molecular flexibility index (Phi) is 5.39. The van der Waals surface area contributed by atoms with E-state index in [4.69, 9.17) is 10.5 Å². The van der Waals surface area contributed by atoms with Gasteiger partial charge in [-0.15, -0.1) is 0 Å². The number of rotatable bonds is 2. The minimum absolute atomic E-state index is 0.0247. The summed E-state index contributed by atoms with van der Waals surface area (Å²) >= 11 is 0. The van der Waals surface area contributed by atoms with Gasteiger partial charge >= 0.3 is 6.09 Å². The van der Waals surface area contributed by atoms with Crippen molar-refractivity contribution in [1.29, 1.82) is 0 Å². The standard InChI is InChI=1S/C14H27N3O3/c1-10(15)12(18)17-8-6-11(7-9-17)16(5)13(19)20-14(2,3)4/h10-11H,6-9,15H2,1-5H3. The number of carbonyl (C=O) groups is 2. The average molecular weight is 285 g/mol. The van der Waals surface area contributed by atoms with Crippen molar-refractivity contribution in [3.63, 3.8) is 0 Å². The molecule has 0 spiro atoms. The predicted molar refractivity (Wildman–Crippen MR) is 77.2 cm³/mol. The Bertz CT molecular complexity index is 355. The van der Waals surface area contributed by atoms with Crippen LogP contribution < -0.4 is 5.73 Å². The van der Waals surface area contributed by atoms with Crippen LogP contribution in [0.3, 0.4) is 0 Å². The van der Waals surface area contributed by atoms with E-state index < -0.39 is 11.6 Å². The summed E-state index contributed by atoms with van der Waals surface area (Å²) in [6.45, 7) is 8.52. The van der Waals surface area contributed by atoms with Crippen LogP contribution in [0.2, 0.25) is 0 Å². The molecule has 0 aromatic heterocycles. The maximum atomic E-state index is 12.0. The van der Waals surface area contributed by atoms with Gasteiger partial charge < -0.3 is 20.3 Å². The van der Waals surface area contributed by atoms with Gasteiger partial charge in [0.15, 0.2) is 0 Å². The zero-order chi connectivity index (χ0) is 15.5. The highest BCUT2D eigenvalue weighted by Crippen LogP contribution is 2.18. The molecule has 0 aliphatic carbocycles. The van der Waals surface area contributed by atoms with Gasteiger partial charge in [-0.25, -0.2) is 4.79 Å². The van der Waals surface area contributed by atoms with Crippen molar-refractivity contribution in [3.8, 4) is 0 Å². The van der Waals surface area contributed by atoms with Crippen molar-refractivity contribution in [2.24, 2.45) is 5.73 Å². The number of hydrogen-bond acceptors (Lipinski definition) is 4. The van der Waals surface area contributed by atoms with Gasteiger partial charge in [-0.3, -0.25) is 4.79 Å². The molecule has 0 saturated carbocycles. The second kappa shape index (κ2) is 6.43. The van der Waals surface area contributed by atoms with E-state index >= 15 is 0 Å². The Morgan fingerprint density at radius 3 is 2.20 bits per heavy atom. The van der Waals surface area contributed by atoms with Gasteiger partial charge in [0, 0.05) is 26.2 Å². The molecule has 0 aromatic carbocycles. The zero-order valence-corrected chi connectivity index (χ0v) is 13.2. The quantitative estimate of drug-likeness (QED) is 0.827. The first kappa shape index (κ1) is 16.8. The topological polar surface area (TPSA) is 75.9 Å². The molecule has 2 N–H and O–H groups in total. The maximum absolute atomic E-state index is 12.0. The normalized spacial score (nSPS) is 18.6. The van der Waals surface area contributed by atoms with Gasteiger partial charge in [0.05, 0.1) is 6.04 Å². The van der Waals surface area contributed by atoms with Crippen LogP contribution in [0.5, 0.6) is 0 Å². The summed E-state index contributed by atoms with van der Waals surface area (Å²) in [5.41, 5.74) is 5.11. The minimum Gasteiger partial charge on any atom is -0.444 e. The van der Waals surface area contributed by atoms with Gasteiger partial charge in [0.2, 0.25) is 5.91 Å². The van der Waals surface area contributed by atoms with E-state index in [9.17, 15) is 9.59 Å². The SMILES string of the molecule is CC(N)C(=O)N1CCC(N(C)C(=O)OC(C)(C)C)CC1. The maximum Gasteiger partial charge on any atom is 0.410 e. The number of nitrogens with two attached hydrogens (primary N) is 1. The fourth-order valence-corrected chi connectivity index (χ4v) is 2.24. The Hall–Kier alpha value is -1.30. The summed E-state index contributed by atoms with van der Waals surface area (Å²) in [5.74, 6) is -0.0247. The third-order valence-electron chi connectivity index (χ3n) is 3.39. The summed E-state index contributed by atoms with van der Waals surface area (Å²) in [7, 11) is 1.75. The van der Waals surface area contributed by atoms with E-state index in [0.29, 0.717) is 13.1 Å². The Balaban J connectivity index is 2.49. The van der Waals surface area contributed by atoms with E-state index in [1.165, 1.54) is 0 Å². The van der Waals surface area contributed by atoms with E-state index in [0.717, 1.165) is 12.8 Å². The molecule has 1 aliphatic rings. The molecule has 1 fully saturated rings. The average Bonchev–Trinajstić information content (AvgIpc) is 2.35. The van der Waals surface area contributed by atoms with Crippen LogP contribution in [0.15, 0.2) is 0 Å². The zero-order valence-electron chi connectivity index (χ0n) is 13.2. The van der Waals surface area contributed by atoms with Crippen molar-refractivity contribution < 1.29 is 14.3 Å². The van der Waals surface area contributed by atoms with Crippen LogP contribution >= 0.6 is 0 Å². The van der Waals surface area contributed by atoms with Crippen molar-refractivity contribution >= 4 is 12.0 Å². The van der Waals surface area contributed by atoms with Crippen molar-refractivity contribution in [2.75, 3.05) is 20.1 Å². The molecular formula is C14H27N3O3. The molecule has 2 amide bonds. The second-order valence-electron chi connectivity index (χ2n) is 6.44. The minimum atomic E-state index is -0.489. The largest absolute Gasteiger partial charge is 0.444 e. The first-order valence-electron chi connectivity index (χ1n) is 7.12. The second-order valence-corrected chi connectivity index (χ2v) is 6.44. The van der Waals surface area contributed by atoms with Gasteiger partial charge in [-0.2, -0.15) is 0 Å². The smallest absolute Gasteiger partial charge is 0.410 e. The number of piperidine rings is 1. The Labute approximate surface area is 121 Å². The fourth-order valence-electron chi connectivity index (χ4n) is 2.24. The highest BCUT2D eigenvalue weighted by molar-refractivity contribution is 5.81. The molecule has 1 saturated heterocycles. The lowest BCUT2D eigenvalue weighted by atomic mass is 10.0. The summed E-state index contributed by atoms with van der Waals surface area (Å²) in [4.78, 5) is 27.2. The lowest BCUT2D eigenvalue weighted by Crippen LogP contribution is -2.51. The Morgan fingerprint density at radius 2 is 1.80 bits per heavy atom. The summed E-state index contributed by atoms with van der Waals surface area (Å²) in [5, 5.41) is 0. The number of carbonyl (C=O) groups excluding carboxylic acids is 2. The van der Waals surface area contributed by atoms with Crippen molar-refractivity contribution in [2.45, 2.75) is 58.2 Å². The number of nitrogens with zero attached hydrogens (tertiary/aromatic N) is 2. The van der Waals surface area contributed by atoms with E-state index in [1.807, 2.05) is 20.8 Å². The lowest BCUT2D eigenvalue weighted by Gasteiger charge is -2.37. The number of amides is 2. The lowest BCUT2D eigenvalue weighted by molar-refractivity contribution is -0.133. The monoisotopic (exact) mass is 285 g/mol. The predicted octanol–water partition coefficient (Wildman–Crippen LogP) is 1.19. The molecule has 0 bridgehead atoms. The third kappa shape index (κ3) is 4.67. The van der Waals surface area contributed by atoms with Crippen LogP contribution in [0.25, 0.3) is 0 Å². The van der Waals surface area contributed by atoms with Crippen LogP contribution in [0.4, 0.5) is 4.79 Å². The van der Waals surface area contributed by atoms with E-state index in [-0.39, 0.29) is 18.0 Å². The van der Waals surface area contributed by atoms with Crippen LogP contribution in [0, 0.1) is 0 Å². The molecule has 1 atom stereocenters. The van der Waals surface area contributed by atoms with Gasteiger partial charge in [-0.05, 0) is 40.5 Å². The van der Waals surface area contributed by atoms with Crippen LogP contribution in [-0.2, 0) is 9.53 Å². The molecule has 1 heterocycles. The molecule has 0 aromatic rings. The number of hydrogen-bond donors (Lipinski definition) is 1. The summed E-state index contributed by atoms with van der Waals surface area (Å²) in [6, 6.07) is -0.350. The highest BCUT2D eigenvalue weighted by atomic mass is 16.6. The fraction of sp³-hybridized carbons (Fsp3) is 0.857. The summed E-state index contributed by atoms with van der Waals surface area (Å²) < 4.78 is 5.35. The molecule has 1 aliphatic heterocycles. The molecular weight excluding hydrogens is 258 g/mol. The molecule has 20 heavy (non-hydrogen) atoms. The highest BCUT2D eigenvalue weighted by Gasteiger charge is 2.30. The molecule has 116 valence electrons. The first-order chi connectivity index (χ1) is 9.11. The molecule has 1 rings (SSSR count). The van der Waals surface area contributed by atoms with E-state index in [1.54, 1.807) is 23.8 Å². The Morgan fingerprint density at radius 1 is 1.30 bits per heavy atom. The van der Waals surface area contributed by atoms with Gasteiger partial charge in [0.25, 0.3) is 0 Å². The molecule has 6 nitrogen and oxygen atoms in total. The molecule has 1 unspecified atom stereocenters. The van der Waals surface area contributed by atoms with Crippen molar-refractivity contribution in [1.82, 2.24) is 9.80 Å². The van der Waals surface area contributed by atoms with Crippen LogP contribution in [0.1, 0.15) is 40.5 Å². The van der Waals surface area contributed by atoms with Gasteiger partial charge in [0.1, 0.15) is 5.60 Å².